The van der Waals surface area contributed by atoms with E-state index in [4.69, 9.17) is 0 Å². The Morgan fingerprint density at radius 1 is 1.33 bits per heavy atom. The molecule has 92 valence electrons. The Balaban J connectivity index is 2.06. The van der Waals surface area contributed by atoms with Crippen molar-refractivity contribution in [2.45, 2.75) is 24.7 Å². The fraction of sp³-hybridized carbons (Fsp3) is 0.286. The zero-order valence-corrected chi connectivity index (χ0v) is 9.84. The lowest BCUT2D eigenvalue weighted by Gasteiger charge is -2.40. The molecule has 0 unspecified atom stereocenters. The molecule has 0 aliphatic heterocycles. The number of aromatic nitrogens is 2. The number of rotatable bonds is 2. The van der Waals surface area contributed by atoms with Crippen LogP contribution in [0.5, 0.6) is 0 Å². The molecule has 3 nitrogen and oxygen atoms in total. The SMILES string of the molecule is O=C(n1ccnc1)C1(c2ccccc2F)CCC1. The first-order chi connectivity index (χ1) is 8.74. The van der Waals surface area contributed by atoms with Gasteiger partial charge in [-0.3, -0.25) is 9.36 Å². The molecule has 1 aliphatic carbocycles. The molecule has 0 atom stereocenters. The van der Waals surface area contributed by atoms with Crippen LogP contribution in [0, 0.1) is 5.82 Å². The molecule has 1 aliphatic rings. The smallest absolute Gasteiger partial charge is 0.242 e. The predicted octanol–water partition coefficient (Wildman–Crippen LogP) is 2.78. The number of carbonyl (C=O) groups excluding carboxylic acids is 1. The van der Waals surface area contributed by atoms with E-state index < -0.39 is 5.41 Å². The van der Waals surface area contributed by atoms with E-state index in [9.17, 15) is 9.18 Å². The summed E-state index contributed by atoms with van der Waals surface area (Å²) < 4.78 is 15.4. The van der Waals surface area contributed by atoms with Crippen molar-refractivity contribution in [3.05, 3.63) is 54.4 Å². The van der Waals surface area contributed by atoms with Gasteiger partial charge in [0.15, 0.2) is 0 Å². The largest absolute Gasteiger partial charge is 0.276 e. The number of benzene rings is 1. The highest BCUT2D eigenvalue weighted by molar-refractivity contribution is 5.91. The van der Waals surface area contributed by atoms with Crippen LogP contribution in [0.1, 0.15) is 29.6 Å². The minimum atomic E-state index is -0.702. The van der Waals surface area contributed by atoms with Gasteiger partial charge in [0.05, 0.1) is 5.41 Å². The summed E-state index contributed by atoms with van der Waals surface area (Å²) in [6.07, 6.45) is 7.00. The Hall–Kier alpha value is -1.97. The average molecular weight is 244 g/mol. The van der Waals surface area contributed by atoms with Crippen LogP contribution in [0.4, 0.5) is 4.39 Å². The summed E-state index contributed by atoms with van der Waals surface area (Å²) in [5, 5.41) is 0. The van der Waals surface area contributed by atoms with Crippen molar-refractivity contribution in [1.82, 2.24) is 9.55 Å². The number of halogens is 1. The van der Waals surface area contributed by atoms with Gasteiger partial charge in [-0.15, -0.1) is 0 Å². The molecule has 3 rings (SSSR count). The van der Waals surface area contributed by atoms with Crippen LogP contribution in [0.15, 0.2) is 43.0 Å². The molecule has 18 heavy (non-hydrogen) atoms. The van der Waals surface area contributed by atoms with Crippen LogP contribution in [-0.2, 0) is 5.41 Å². The molecule has 1 aromatic carbocycles. The zero-order valence-electron chi connectivity index (χ0n) is 9.84. The summed E-state index contributed by atoms with van der Waals surface area (Å²) in [6.45, 7) is 0. The van der Waals surface area contributed by atoms with E-state index in [0.717, 1.165) is 6.42 Å². The van der Waals surface area contributed by atoms with E-state index in [1.165, 1.54) is 17.0 Å². The molecule has 0 saturated heterocycles. The zero-order chi connectivity index (χ0) is 12.6. The quantitative estimate of drug-likeness (QED) is 0.814. The summed E-state index contributed by atoms with van der Waals surface area (Å²) in [5.41, 5.74) is -0.193. The molecule has 1 fully saturated rings. The molecule has 0 amide bonds. The number of hydrogen-bond acceptors (Lipinski definition) is 2. The highest BCUT2D eigenvalue weighted by atomic mass is 19.1. The van der Waals surface area contributed by atoms with E-state index in [2.05, 4.69) is 4.98 Å². The lowest BCUT2D eigenvalue weighted by Crippen LogP contribution is -2.45. The van der Waals surface area contributed by atoms with Gasteiger partial charge >= 0.3 is 0 Å². The number of carbonyl (C=O) groups is 1. The summed E-state index contributed by atoms with van der Waals surface area (Å²) in [4.78, 5) is 16.4. The fourth-order valence-electron chi connectivity index (χ4n) is 2.60. The number of imidazole rings is 1. The van der Waals surface area contributed by atoms with Gasteiger partial charge < -0.3 is 0 Å². The summed E-state index contributed by atoms with van der Waals surface area (Å²) >= 11 is 0. The molecule has 0 N–H and O–H groups in total. The molecule has 0 spiro atoms. The second-order valence-electron chi connectivity index (χ2n) is 4.69. The molecular weight excluding hydrogens is 231 g/mol. The van der Waals surface area contributed by atoms with Crippen molar-refractivity contribution in [2.24, 2.45) is 0 Å². The summed E-state index contributed by atoms with van der Waals surface area (Å²) in [6, 6.07) is 6.55. The maximum absolute atomic E-state index is 13.9. The second kappa shape index (κ2) is 4.05. The Morgan fingerprint density at radius 3 is 2.67 bits per heavy atom. The van der Waals surface area contributed by atoms with Gasteiger partial charge in [-0.1, -0.05) is 24.6 Å². The van der Waals surface area contributed by atoms with Gasteiger partial charge in [-0.2, -0.15) is 0 Å². The number of nitrogens with zero attached hydrogens (tertiary/aromatic N) is 2. The minimum absolute atomic E-state index is 0.0867. The first kappa shape index (κ1) is 11.1. The van der Waals surface area contributed by atoms with Crippen molar-refractivity contribution < 1.29 is 9.18 Å². The van der Waals surface area contributed by atoms with Gasteiger partial charge in [-0.05, 0) is 18.9 Å². The third-order valence-corrected chi connectivity index (χ3v) is 3.74. The van der Waals surface area contributed by atoms with Crippen LogP contribution >= 0.6 is 0 Å². The molecule has 2 aromatic rings. The Bertz CT molecular complexity index is 573. The predicted molar refractivity (Wildman–Crippen MR) is 64.8 cm³/mol. The molecular formula is C14H13FN2O. The van der Waals surface area contributed by atoms with Gasteiger partial charge in [0.2, 0.25) is 5.91 Å². The monoisotopic (exact) mass is 244 g/mol. The van der Waals surface area contributed by atoms with E-state index in [1.807, 2.05) is 0 Å². The maximum Gasteiger partial charge on any atom is 0.242 e. The highest BCUT2D eigenvalue weighted by Crippen LogP contribution is 2.45. The van der Waals surface area contributed by atoms with Crippen molar-refractivity contribution in [3.8, 4) is 0 Å². The molecule has 1 heterocycles. The van der Waals surface area contributed by atoms with E-state index in [-0.39, 0.29) is 11.7 Å². The third-order valence-electron chi connectivity index (χ3n) is 3.74. The fourth-order valence-corrected chi connectivity index (χ4v) is 2.60. The molecule has 1 saturated carbocycles. The van der Waals surface area contributed by atoms with Gasteiger partial charge in [-0.25, -0.2) is 9.37 Å². The van der Waals surface area contributed by atoms with Gasteiger partial charge in [0, 0.05) is 18.0 Å². The van der Waals surface area contributed by atoms with E-state index in [0.29, 0.717) is 18.4 Å². The molecule has 0 bridgehead atoms. The maximum atomic E-state index is 13.9. The van der Waals surface area contributed by atoms with Crippen molar-refractivity contribution >= 4 is 5.91 Å². The summed E-state index contributed by atoms with van der Waals surface area (Å²) in [5.74, 6) is -0.387. The summed E-state index contributed by atoms with van der Waals surface area (Å²) in [7, 11) is 0. The third kappa shape index (κ3) is 1.49. The Morgan fingerprint density at radius 2 is 2.11 bits per heavy atom. The van der Waals surface area contributed by atoms with E-state index >= 15 is 0 Å². The van der Waals surface area contributed by atoms with Crippen molar-refractivity contribution in [3.63, 3.8) is 0 Å². The molecule has 0 radical (unpaired) electrons. The second-order valence-corrected chi connectivity index (χ2v) is 4.69. The Kier molecular flexibility index (Phi) is 2.51. The van der Waals surface area contributed by atoms with E-state index in [1.54, 1.807) is 30.6 Å². The van der Waals surface area contributed by atoms with Crippen molar-refractivity contribution in [2.75, 3.05) is 0 Å². The first-order valence-corrected chi connectivity index (χ1v) is 6.02. The standard InChI is InChI=1S/C14H13FN2O/c15-12-5-2-1-4-11(12)14(6-3-7-14)13(18)17-9-8-16-10-17/h1-2,4-5,8-10H,3,6-7H2. The minimum Gasteiger partial charge on any atom is -0.276 e. The van der Waals surface area contributed by atoms with Crippen LogP contribution in [-0.4, -0.2) is 15.5 Å². The van der Waals surface area contributed by atoms with Gasteiger partial charge in [0.1, 0.15) is 12.1 Å². The van der Waals surface area contributed by atoms with Crippen LogP contribution in [0.25, 0.3) is 0 Å². The number of hydrogen-bond donors (Lipinski definition) is 0. The first-order valence-electron chi connectivity index (χ1n) is 6.02. The Labute approximate surface area is 104 Å². The van der Waals surface area contributed by atoms with Crippen LogP contribution in [0.3, 0.4) is 0 Å². The van der Waals surface area contributed by atoms with Gasteiger partial charge in [0.25, 0.3) is 0 Å². The topological polar surface area (TPSA) is 34.9 Å². The van der Waals surface area contributed by atoms with Crippen LogP contribution in [0.2, 0.25) is 0 Å². The average Bonchev–Trinajstić information content (AvgIpc) is 2.83. The van der Waals surface area contributed by atoms with Crippen molar-refractivity contribution in [1.29, 1.82) is 0 Å². The normalized spacial score (nSPS) is 17.2. The lowest BCUT2D eigenvalue weighted by molar-refractivity contribution is 0.0687. The van der Waals surface area contributed by atoms with Crippen LogP contribution < -0.4 is 0 Å². The molecule has 1 aromatic heterocycles. The molecule has 4 heteroatoms. The lowest BCUT2D eigenvalue weighted by atomic mass is 9.63. The highest BCUT2D eigenvalue weighted by Gasteiger charge is 2.47.